The molecular weight excluding hydrogens is 230 g/mol. The highest BCUT2D eigenvalue weighted by atomic mass is 16.2. The van der Waals surface area contributed by atoms with Crippen molar-refractivity contribution in [2.24, 2.45) is 0 Å². The summed E-state index contributed by atoms with van der Waals surface area (Å²) in [6, 6.07) is 5.31. The second-order valence-corrected chi connectivity index (χ2v) is 4.31. The van der Waals surface area contributed by atoms with Crippen LogP contribution in [-0.2, 0) is 4.79 Å². The Hall–Kier alpha value is -1.88. The van der Waals surface area contributed by atoms with Crippen LogP contribution in [0.3, 0.4) is 0 Å². The van der Waals surface area contributed by atoms with Crippen molar-refractivity contribution in [3.63, 3.8) is 0 Å². The molecule has 18 heavy (non-hydrogen) atoms. The van der Waals surface area contributed by atoms with Crippen LogP contribution in [-0.4, -0.2) is 44.4 Å². The fraction of sp³-hybridized carbons (Fsp3) is 0.385. The van der Waals surface area contributed by atoms with E-state index in [1.807, 2.05) is 13.0 Å². The SMILES string of the molecule is CNCC(=O)Nc1ccc(C)c(C(=O)N(C)C)c1. The van der Waals surface area contributed by atoms with Crippen molar-refractivity contribution in [1.82, 2.24) is 10.2 Å². The zero-order chi connectivity index (χ0) is 13.7. The molecule has 0 atom stereocenters. The highest BCUT2D eigenvalue weighted by Gasteiger charge is 2.12. The number of amides is 2. The Balaban J connectivity index is 2.94. The Kier molecular flexibility index (Phi) is 4.85. The normalized spacial score (nSPS) is 10.0. The summed E-state index contributed by atoms with van der Waals surface area (Å²) in [5.74, 6) is -0.207. The van der Waals surface area contributed by atoms with Gasteiger partial charge in [-0.25, -0.2) is 0 Å². The first-order valence-corrected chi connectivity index (χ1v) is 5.72. The molecule has 0 heterocycles. The smallest absolute Gasteiger partial charge is 0.253 e. The average Bonchev–Trinajstić information content (AvgIpc) is 2.31. The minimum Gasteiger partial charge on any atom is -0.345 e. The van der Waals surface area contributed by atoms with E-state index in [9.17, 15) is 9.59 Å². The van der Waals surface area contributed by atoms with E-state index in [-0.39, 0.29) is 18.4 Å². The average molecular weight is 249 g/mol. The lowest BCUT2D eigenvalue weighted by atomic mass is 10.1. The summed E-state index contributed by atoms with van der Waals surface area (Å²) in [5.41, 5.74) is 2.12. The Morgan fingerprint density at radius 1 is 1.28 bits per heavy atom. The molecule has 0 aliphatic carbocycles. The van der Waals surface area contributed by atoms with Crippen molar-refractivity contribution in [2.45, 2.75) is 6.92 Å². The molecule has 5 heteroatoms. The summed E-state index contributed by atoms with van der Waals surface area (Å²) in [6.45, 7) is 2.11. The van der Waals surface area contributed by atoms with Gasteiger partial charge in [-0.3, -0.25) is 9.59 Å². The third-order valence-corrected chi connectivity index (χ3v) is 2.50. The Morgan fingerprint density at radius 3 is 2.50 bits per heavy atom. The van der Waals surface area contributed by atoms with E-state index in [0.29, 0.717) is 11.3 Å². The van der Waals surface area contributed by atoms with Crippen molar-refractivity contribution in [3.05, 3.63) is 29.3 Å². The number of benzene rings is 1. The number of nitrogens with zero attached hydrogens (tertiary/aromatic N) is 1. The van der Waals surface area contributed by atoms with E-state index in [2.05, 4.69) is 10.6 Å². The van der Waals surface area contributed by atoms with Crippen LogP contribution in [0.5, 0.6) is 0 Å². The lowest BCUT2D eigenvalue weighted by Gasteiger charge is -2.14. The van der Waals surface area contributed by atoms with E-state index in [1.165, 1.54) is 4.90 Å². The van der Waals surface area contributed by atoms with E-state index < -0.39 is 0 Å². The zero-order valence-electron chi connectivity index (χ0n) is 11.2. The van der Waals surface area contributed by atoms with Crippen LogP contribution >= 0.6 is 0 Å². The van der Waals surface area contributed by atoms with E-state index >= 15 is 0 Å². The van der Waals surface area contributed by atoms with E-state index in [4.69, 9.17) is 0 Å². The maximum absolute atomic E-state index is 11.9. The summed E-state index contributed by atoms with van der Waals surface area (Å²) in [4.78, 5) is 24.9. The van der Waals surface area contributed by atoms with Gasteiger partial charge < -0.3 is 15.5 Å². The van der Waals surface area contributed by atoms with Crippen LogP contribution in [0.25, 0.3) is 0 Å². The lowest BCUT2D eigenvalue weighted by Crippen LogP contribution is -2.26. The lowest BCUT2D eigenvalue weighted by molar-refractivity contribution is -0.115. The summed E-state index contributed by atoms with van der Waals surface area (Å²) in [6.07, 6.45) is 0. The highest BCUT2D eigenvalue weighted by molar-refractivity contribution is 5.98. The van der Waals surface area contributed by atoms with Gasteiger partial charge in [0.1, 0.15) is 0 Å². The van der Waals surface area contributed by atoms with Gasteiger partial charge in [-0.15, -0.1) is 0 Å². The second kappa shape index (κ2) is 6.16. The van der Waals surface area contributed by atoms with Crippen molar-refractivity contribution in [1.29, 1.82) is 0 Å². The van der Waals surface area contributed by atoms with Gasteiger partial charge in [0, 0.05) is 25.3 Å². The van der Waals surface area contributed by atoms with Gasteiger partial charge in [0.2, 0.25) is 5.91 Å². The van der Waals surface area contributed by atoms with Crippen LogP contribution in [0, 0.1) is 6.92 Å². The van der Waals surface area contributed by atoms with Crippen molar-refractivity contribution in [2.75, 3.05) is 33.0 Å². The maximum Gasteiger partial charge on any atom is 0.253 e. The number of rotatable bonds is 4. The first-order valence-electron chi connectivity index (χ1n) is 5.72. The molecule has 2 N–H and O–H groups in total. The van der Waals surface area contributed by atoms with Crippen LogP contribution in [0.1, 0.15) is 15.9 Å². The maximum atomic E-state index is 11.9. The molecule has 0 aromatic heterocycles. The van der Waals surface area contributed by atoms with Gasteiger partial charge in [0.15, 0.2) is 0 Å². The number of hydrogen-bond donors (Lipinski definition) is 2. The predicted molar refractivity (Wildman–Crippen MR) is 71.8 cm³/mol. The zero-order valence-corrected chi connectivity index (χ0v) is 11.2. The number of likely N-dealkylation sites (N-methyl/N-ethyl adjacent to an activating group) is 1. The molecule has 0 aliphatic heterocycles. The molecule has 0 unspecified atom stereocenters. The first kappa shape index (κ1) is 14.2. The van der Waals surface area contributed by atoms with Crippen molar-refractivity contribution < 1.29 is 9.59 Å². The van der Waals surface area contributed by atoms with E-state index in [1.54, 1.807) is 33.3 Å². The van der Waals surface area contributed by atoms with Crippen LogP contribution in [0.15, 0.2) is 18.2 Å². The molecule has 0 saturated carbocycles. The summed E-state index contributed by atoms with van der Waals surface area (Å²) < 4.78 is 0. The second-order valence-electron chi connectivity index (χ2n) is 4.31. The largest absolute Gasteiger partial charge is 0.345 e. The number of anilines is 1. The Morgan fingerprint density at radius 2 is 1.94 bits per heavy atom. The van der Waals surface area contributed by atoms with Crippen molar-refractivity contribution >= 4 is 17.5 Å². The van der Waals surface area contributed by atoms with Gasteiger partial charge in [-0.05, 0) is 31.7 Å². The molecular formula is C13H19N3O2. The molecule has 0 aliphatic rings. The molecule has 1 aromatic rings. The van der Waals surface area contributed by atoms with Crippen LogP contribution in [0.2, 0.25) is 0 Å². The molecule has 0 saturated heterocycles. The molecule has 98 valence electrons. The number of aryl methyl sites for hydroxylation is 1. The molecule has 0 fully saturated rings. The molecule has 5 nitrogen and oxygen atoms in total. The number of carbonyl (C=O) groups excluding carboxylic acids is 2. The highest BCUT2D eigenvalue weighted by Crippen LogP contribution is 2.16. The number of hydrogen-bond acceptors (Lipinski definition) is 3. The fourth-order valence-corrected chi connectivity index (χ4v) is 1.54. The van der Waals surface area contributed by atoms with Crippen LogP contribution < -0.4 is 10.6 Å². The first-order chi connectivity index (χ1) is 8.45. The molecule has 1 rings (SSSR count). The summed E-state index contributed by atoms with van der Waals surface area (Å²) in [7, 11) is 5.11. The molecule has 0 radical (unpaired) electrons. The molecule has 1 aromatic carbocycles. The molecule has 0 bridgehead atoms. The molecule has 2 amide bonds. The standard InChI is InChI=1S/C13H19N3O2/c1-9-5-6-10(15-12(17)8-14-2)7-11(9)13(18)16(3)4/h5-7,14H,8H2,1-4H3,(H,15,17). The Bertz CT molecular complexity index is 456. The summed E-state index contributed by atoms with van der Waals surface area (Å²) in [5, 5.41) is 5.50. The monoisotopic (exact) mass is 249 g/mol. The number of carbonyl (C=O) groups is 2. The van der Waals surface area contributed by atoms with Gasteiger partial charge in [0.25, 0.3) is 5.91 Å². The minimum atomic E-state index is -0.135. The summed E-state index contributed by atoms with van der Waals surface area (Å²) >= 11 is 0. The van der Waals surface area contributed by atoms with Gasteiger partial charge in [0.05, 0.1) is 6.54 Å². The third-order valence-electron chi connectivity index (χ3n) is 2.50. The Labute approximate surface area is 107 Å². The minimum absolute atomic E-state index is 0.0720. The topological polar surface area (TPSA) is 61.4 Å². The fourth-order valence-electron chi connectivity index (χ4n) is 1.54. The molecule has 0 spiro atoms. The van der Waals surface area contributed by atoms with Gasteiger partial charge >= 0.3 is 0 Å². The number of nitrogens with one attached hydrogen (secondary N) is 2. The predicted octanol–water partition coefficient (Wildman–Crippen LogP) is 0.855. The third kappa shape index (κ3) is 3.56. The van der Waals surface area contributed by atoms with E-state index in [0.717, 1.165) is 5.56 Å². The van der Waals surface area contributed by atoms with Crippen molar-refractivity contribution in [3.8, 4) is 0 Å². The van der Waals surface area contributed by atoms with Gasteiger partial charge in [-0.2, -0.15) is 0 Å². The van der Waals surface area contributed by atoms with Gasteiger partial charge in [-0.1, -0.05) is 6.07 Å². The van der Waals surface area contributed by atoms with Crippen LogP contribution in [0.4, 0.5) is 5.69 Å². The quantitative estimate of drug-likeness (QED) is 0.832.